The third kappa shape index (κ3) is 3.08. The third-order valence-electron chi connectivity index (χ3n) is 4.59. The van der Waals surface area contributed by atoms with E-state index in [2.05, 4.69) is 15.2 Å². The van der Waals surface area contributed by atoms with Gasteiger partial charge >= 0.3 is 5.97 Å². The zero-order chi connectivity index (χ0) is 21.4. The number of benzene rings is 1. The Hall–Kier alpha value is -4.08. The van der Waals surface area contributed by atoms with Gasteiger partial charge in [-0.3, -0.25) is 9.08 Å². The fourth-order valence-corrected chi connectivity index (χ4v) is 3.30. The van der Waals surface area contributed by atoms with E-state index in [1.165, 1.54) is 52.9 Å². The van der Waals surface area contributed by atoms with Crippen LogP contribution in [0.1, 0.15) is 16.1 Å². The third-order valence-corrected chi connectivity index (χ3v) is 4.59. The number of hydrogen-bond acceptors (Lipinski definition) is 6. The van der Waals surface area contributed by atoms with Gasteiger partial charge in [0.05, 0.1) is 30.1 Å². The normalized spacial score (nSPS) is 11.5. The Morgan fingerprint density at radius 1 is 1.27 bits per heavy atom. The van der Waals surface area contributed by atoms with E-state index in [1.807, 2.05) is 0 Å². The van der Waals surface area contributed by atoms with Crippen molar-refractivity contribution < 1.29 is 23.5 Å². The summed E-state index contributed by atoms with van der Waals surface area (Å²) in [6, 6.07) is 7.15. The summed E-state index contributed by atoms with van der Waals surface area (Å²) in [5.74, 6) is -1.98. The number of aryl methyl sites for hydroxylation is 1. The minimum atomic E-state index is -0.765. The van der Waals surface area contributed by atoms with Gasteiger partial charge in [-0.05, 0) is 18.2 Å². The lowest BCUT2D eigenvalue weighted by molar-refractivity contribution is 0.0600. The summed E-state index contributed by atoms with van der Waals surface area (Å²) in [6.07, 6.45) is 4.03. The number of oxime groups is 1. The predicted molar refractivity (Wildman–Crippen MR) is 103 cm³/mol. The second-order valence-corrected chi connectivity index (χ2v) is 6.40. The van der Waals surface area contributed by atoms with Crippen molar-refractivity contribution in [3.8, 4) is 22.4 Å². The molecule has 0 atom stereocenters. The number of methoxy groups -OCH3 is 1. The molecule has 3 heterocycles. The van der Waals surface area contributed by atoms with Gasteiger partial charge in [0.2, 0.25) is 5.95 Å². The average molecular weight is 411 g/mol. The van der Waals surface area contributed by atoms with E-state index in [1.54, 1.807) is 13.1 Å². The molecule has 0 saturated heterocycles. The number of halogens is 2. The second kappa shape index (κ2) is 7.39. The fourth-order valence-electron chi connectivity index (χ4n) is 3.30. The van der Waals surface area contributed by atoms with Gasteiger partial charge in [-0.15, -0.1) is 5.10 Å². The van der Waals surface area contributed by atoms with E-state index < -0.39 is 17.7 Å². The largest absolute Gasteiger partial charge is 0.465 e. The Kier molecular flexibility index (Phi) is 4.74. The van der Waals surface area contributed by atoms with E-state index in [9.17, 15) is 13.6 Å². The number of ether oxygens (including phenoxy) is 1. The minimum absolute atomic E-state index is 0.00242. The van der Waals surface area contributed by atoms with Crippen molar-refractivity contribution in [3.05, 3.63) is 65.7 Å². The van der Waals surface area contributed by atoms with Gasteiger partial charge < -0.3 is 9.94 Å². The van der Waals surface area contributed by atoms with Crippen LogP contribution in [0, 0.1) is 11.8 Å². The Bertz CT molecular complexity index is 1310. The number of carbonyl (C=O) groups excluding carboxylic acids is 1. The number of imidazole rings is 1. The minimum Gasteiger partial charge on any atom is -0.465 e. The van der Waals surface area contributed by atoms with Crippen LogP contribution in [0.4, 0.5) is 8.78 Å². The van der Waals surface area contributed by atoms with Crippen molar-refractivity contribution in [2.75, 3.05) is 7.11 Å². The SMILES string of the molecule is COC(=O)c1ccn2c(/C=N/O)c(-c3c(F)cccc3-c3cn(C)nc3F)nc2c1. The highest BCUT2D eigenvalue weighted by molar-refractivity contribution is 5.95. The fraction of sp³-hybridized carbons (Fsp3) is 0.100. The van der Waals surface area contributed by atoms with Crippen molar-refractivity contribution in [3.63, 3.8) is 0 Å². The molecule has 0 unspecified atom stereocenters. The number of carbonyl (C=O) groups is 1. The van der Waals surface area contributed by atoms with Crippen LogP contribution in [-0.4, -0.2) is 43.7 Å². The molecule has 0 radical (unpaired) electrons. The monoisotopic (exact) mass is 411 g/mol. The first kappa shape index (κ1) is 19.2. The predicted octanol–water partition coefficient (Wildman–Crippen LogP) is 3.27. The molecule has 30 heavy (non-hydrogen) atoms. The molecule has 8 nitrogen and oxygen atoms in total. The van der Waals surface area contributed by atoms with Gasteiger partial charge in [-0.1, -0.05) is 17.3 Å². The molecule has 0 fully saturated rings. The molecule has 0 bridgehead atoms. The summed E-state index contributed by atoms with van der Waals surface area (Å²) >= 11 is 0. The zero-order valence-corrected chi connectivity index (χ0v) is 15.9. The maximum Gasteiger partial charge on any atom is 0.338 e. The van der Waals surface area contributed by atoms with Crippen molar-refractivity contribution >= 4 is 17.8 Å². The van der Waals surface area contributed by atoms with Crippen molar-refractivity contribution in [2.24, 2.45) is 12.2 Å². The van der Waals surface area contributed by atoms with Crippen LogP contribution in [0.25, 0.3) is 28.0 Å². The number of aromatic nitrogens is 4. The Morgan fingerprint density at radius 2 is 2.07 bits per heavy atom. The van der Waals surface area contributed by atoms with Crippen LogP contribution < -0.4 is 0 Å². The van der Waals surface area contributed by atoms with Crippen molar-refractivity contribution in [1.82, 2.24) is 19.2 Å². The average Bonchev–Trinajstić information content (AvgIpc) is 3.26. The number of fused-ring (bicyclic) bond motifs is 1. The molecule has 0 spiro atoms. The quantitative estimate of drug-likeness (QED) is 0.241. The van der Waals surface area contributed by atoms with Gasteiger partial charge in [0.25, 0.3) is 0 Å². The van der Waals surface area contributed by atoms with Gasteiger partial charge in [0, 0.05) is 30.6 Å². The molecule has 3 aromatic heterocycles. The molecule has 4 aromatic rings. The van der Waals surface area contributed by atoms with Crippen LogP contribution in [0.3, 0.4) is 0 Å². The molecule has 4 rings (SSSR count). The second-order valence-electron chi connectivity index (χ2n) is 6.40. The molecule has 10 heteroatoms. The van der Waals surface area contributed by atoms with Crippen LogP contribution in [0.5, 0.6) is 0 Å². The first-order valence-electron chi connectivity index (χ1n) is 8.71. The van der Waals surface area contributed by atoms with Crippen LogP contribution in [0.2, 0.25) is 0 Å². The van der Waals surface area contributed by atoms with Crippen LogP contribution >= 0.6 is 0 Å². The Labute approximate surface area is 168 Å². The number of nitrogens with zero attached hydrogens (tertiary/aromatic N) is 5. The summed E-state index contributed by atoms with van der Waals surface area (Å²) in [5.41, 5.74) is 1.18. The zero-order valence-electron chi connectivity index (χ0n) is 15.9. The van der Waals surface area contributed by atoms with E-state index in [4.69, 9.17) is 9.94 Å². The maximum atomic E-state index is 15.0. The number of hydrogen-bond donors (Lipinski definition) is 1. The maximum absolute atomic E-state index is 15.0. The highest BCUT2D eigenvalue weighted by atomic mass is 19.1. The van der Waals surface area contributed by atoms with E-state index in [0.717, 1.165) is 6.21 Å². The van der Waals surface area contributed by atoms with Gasteiger partial charge in [-0.2, -0.15) is 4.39 Å². The van der Waals surface area contributed by atoms with Crippen LogP contribution in [0.15, 0.2) is 47.9 Å². The summed E-state index contributed by atoms with van der Waals surface area (Å²) in [5, 5.41) is 15.9. The van der Waals surface area contributed by atoms with E-state index in [-0.39, 0.29) is 39.3 Å². The number of esters is 1. The molecule has 1 aromatic carbocycles. The Morgan fingerprint density at radius 3 is 2.73 bits per heavy atom. The summed E-state index contributed by atoms with van der Waals surface area (Å²) in [7, 11) is 2.80. The smallest absolute Gasteiger partial charge is 0.338 e. The number of pyridine rings is 1. The summed E-state index contributed by atoms with van der Waals surface area (Å²) in [4.78, 5) is 16.3. The highest BCUT2D eigenvalue weighted by Crippen LogP contribution is 2.36. The molecule has 0 aliphatic heterocycles. The molecule has 0 aliphatic rings. The van der Waals surface area contributed by atoms with Crippen molar-refractivity contribution in [2.45, 2.75) is 0 Å². The molecule has 0 saturated carbocycles. The molecular formula is C20H15F2N5O3. The van der Waals surface area contributed by atoms with E-state index >= 15 is 0 Å². The Balaban J connectivity index is 2.03. The molecule has 0 amide bonds. The lowest BCUT2D eigenvalue weighted by Crippen LogP contribution is -2.02. The summed E-state index contributed by atoms with van der Waals surface area (Å²) < 4.78 is 36.9. The lowest BCUT2D eigenvalue weighted by Gasteiger charge is -2.08. The first-order valence-corrected chi connectivity index (χ1v) is 8.71. The molecule has 1 N–H and O–H groups in total. The van der Waals surface area contributed by atoms with Gasteiger partial charge in [-0.25, -0.2) is 14.2 Å². The molecule has 0 aliphatic carbocycles. The van der Waals surface area contributed by atoms with Crippen molar-refractivity contribution in [1.29, 1.82) is 0 Å². The standard InChI is InChI=1S/C20H15F2N5O3/c1-26-10-13(19(22)25-26)12-4-3-5-14(21)17(12)18-15(9-23-29)27-7-6-11(20(28)30-2)8-16(27)24-18/h3-10,29H,1-2H3/b23-9+. The lowest BCUT2D eigenvalue weighted by atomic mass is 9.98. The van der Waals surface area contributed by atoms with Gasteiger partial charge in [0.1, 0.15) is 17.2 Å². The summed E-state index contributed by atoms with van der Waals surface area (Å²) in [6.45, 7) is 0. The molecule has 152 valence electrons. The number of rotatable bonds is 4. The van der Waals surface area contributed by atoms with E-state index in [0.29, 0.717) is 0 Å². The van der Waals surface area contributed by atoms with Gasteiger partial charge in [0.15, 0.2) is 0 Å². The topological polar surface area (TPSA) is 94.0 Å². The van der Waals surface area contributed by atoms with Crippen LogP contribution in [-0.2, 0) is 11.8 Å². The molecular weight excluding hydrogens is 396 g/mol. The first-order chi connectivity index (χ1) is 14.4. The highest BCUT2D eigenvalue weighted by Gasteiger charge is 2.23.